The van der Waals surface area contributed by atoms with Gasteiger partial charge in [-0.1, -0.05) is 166 Å². The first-order chi connectivity index (χ1) is 17.3. The van der Waals surface area contributed by atoms with Crippen molar-refractivity contribution in [3.63, 3.8) is 0 Å². The average molecular weight is 481 g/mol. The Kier molecular flexibility index (Phi) is 17.5. The Morgan fingerprint density at radius 3 is 1.43 bits per heavy atom. The smallest absolute Gasteiger partial charge is 0.106 e. The normalized spacial score (nSPS) is 12.3. The van der Waals surface area contributed by atoms with Gasteiger partial charge in [-0.2, -0.15) is 0 Å². The second-order valence-electron chi connectivity index (χ2n) is 10.8. The number of hydrogen-bond acceptors (Lipinski definition) is 1. The quantitative estimate of drug-likeness (QED) is 0.145. The number of benzene rings is 1. The van der Waals surface area contributed by atoms with Gasteiger partial charge in [0.1, 0.15) is 5.82 Å². The largest absolute Gasteiger partial charge is 0.328 e. The molecule has 35 heavy (non-hydrogen) atoms. The van der Waals surface area contributed by atoms with Crippen molar-refractivity contribution in [2.45, 2.75) is 155 Å². The fourth-order valence-electron chi connectivity index (χ4n) is 5.45. The third-order valence-electron chi connectivity index (χ3n) is 7.71. The Bertz CT molecular complexity index is 705. The van der Waals surface area contributed by atoms with E-state index >= 15 is 0 Å². The van der Waals surface area contributed by atoms with Crippen LogP contribution >= 0.6 is 0 Å². The van der Waals surface area contributed by atoms with Crippen LogP contribution in [0.25, 0.3) is 0 Å². The van der Waals surface area contributed by atoms with E-state index in [1.807, 2.05) is 6.20 Å². The third kappa shape index (κ3) is 13.9. The summed E-state index contributed by atoms with van der Waals surface area (Å²) in [5, 5.41) is 0. The van der Waals surface area contributed by atoms with Crippen LogP contribution in [0.15, 0.2) is 42.7 Å². The predicted octanol–water partition coefficient (Wildman–Crippen LogP) is 11.0. The van der Waals surface area contributed by atoms with Gasteiger partial charge in [0.25, 0.3) is 0 Å². The van der Waals surface area contributed by atoms with Crippen molar-refractivity contribution in [3.05, 3.63) is 54.1 Å². The van der Waals surface area contributed by atoms with E-state index < -0.39 is 0 Å². The molecule has 0 bridgehead atoms. The standard InChI is InChI=1S/C33H56N2/c1-3-4-5-6-7-8-9-10-11-12-13-14-15-16-17-18-19-20-21-25-28-33(32-26-23-22-24-27-32)35-30-29-34-31(35)2/h22-24,26-27,29-30,33H,3-21,25,28H2,1-2H3. The molecule has 0 aliphatic carbocycles. The lowest BCUT2D eigenvalue weighted by Crippen LogP contribution is -2.11. The lowest BCUT2D eigenvalue weighted by atomic mass is 9.99. The molecule has 0 spiro atoms. The zero-order valence-electron chi connectivity index (χ0n) is 23.4. The summed E-state index contributed by atoms with van der Waals surface area (Å²) in [6.45, 7) is 4.42. The molecule has 0 saturated heterocycles. The molecule has 0 amide bonds. The lowest BCUT2D eigenvalue weighted by Gasteiger charge is -2.20. The minimum absolute atomic E-state index is 0.425. The molecule has 1 aromatic heterocycles. The van der Waals surface area contributed by atoms with Crippen molar-refractivity contribution < 1.29 is 0 Å². The number of aryl methyl sites for hydroxylation is 1. The van der Waals surface area contributed by atoms with Crippen LogP contribution in [0.5, 0.6) is 0 Å². The van der Waals surface area contributed by atoms with E-state index in [0.717, 1.165) is 5.82 Å². The summed E-state index contributed by atoms with van der Waals surface area (Å²) in [6, 6.07) is 11.4. The summed E-state index contributed by atoms with van der Waals surface area (Å²) >= 11 is 0. The Balaban J connectivity index is 1.38. The summed E-state index contributed by atoms with van der Waals surface area (Å²) in [5.41, 5.74) is 1.41. The molecule has 0 aliphatic rings. The molecule has 1 unspecified atom stereocenters. The van der Waals surface area contributed by atoms with E-state index in [0.29, 0.717) is 6.04 Å². The highest BCUT2D eigenvalue weighted by Gasteiger charge is 2.14. The van der Waals surface area contributed by atoms with Gasteiger partial charge in [-0.3, -0.25) is 0 Å². The molecule has 0 fully saturated rings. The van der Waals surface area contributed by atoms with Gasteiger partial charge in [0, 0.05) is 12.4 Å². The number of nitrogens with zero attached hydrogens (tertiary/aromatic N) is 2. The van der Waals surface area contributed by atoms with Gasteiger partial charge in [0.15, 0.2) is 0 Å². The summed E-state index contributed by atoms with van der Waals surface area (Å²) in [7, 11) is 0. The molecule has 0 radical (unpaired) electrons. The van der Waals surface area contributed by atoms with E-state index in [-0.39, 0.29) is 0 Å². The molecule has 1 atom stereocenters. The lowest BCUT2D eigenvalue weighted by molar-refractivity contribution is 0.480. The highest BCUT2D eigenvalue weighted by molar-refractivity contribution is 5.20. The van der Waals surface area contributed by atoms with Gasteiger partial charge in [-0.05, 0) is 18.9 Å². The zero-order valence-corrected chi connectivity index (χ0v) is 23.4. The molecular weight excluding hydrogens is 424 g/mol. The molecule has 2 heteroatoms. The van der Waals surface area contributed by atoms with Crippen LogP contribution in [0.4, 0.5) is 0 Å². The second kappa shape index (κ2) is 20.6. The van der Waals surface area contributed by atoms with Gasteiger partial charge >= 0.3 is 0 Å². The minimum atomic E-state index is 0.425. The maximum absolute atomic E-state index is 4.46. The first kappa shape index (κ1) is 29.7. The van der Waals surface area contributed by atoms with Gasteiger partial charge in [0.2, 0.25) is 0 Å². The molecule has 0 saturated carbocycles. The van der Waals surface area contributed by atoms with Crippen LogP contribution in [0.2, 0.25) is 0 Å². The minimum Gasteiger partial charge on any atom is -0.328 e. The Morgan fingerprint density at radius 2 is 1.03 bits per heavy atom. The monoisotopic (exact) mass is 480 g/mol. The van der Waals surface area contributed by atoms with Crippen molar-refractivity contribution in [2.75, 3.05) is 0 Å². The van der Waals surface area contributed by atoms with Crippen molar-refractivity contribution in [1.82, 2.24) is 9.55 Å². The fourth-order valence-corrected chi connectivity index (χ4v) is 5.45. The van der Waals surface area contributed by atoms with Crippen molar-refractivity contribution in [3.8, 4) is 0 Å². The summed E-state index contributed by atoms with van der Waals surface area (Å²) < 4.78 is 2.35. The Labute approximate surface area is 218 Å². The van der Waals surface area contributed by atoms with Crippen LogP contribution in [-0.4, -0.2) is 9.55 Å². The van der Waals surface area contributed by atoms with E-state index in [9.17, 15) is 0 Å². The fraction of sp³-hybridized carbons (Fsp3) is 0.727. The first-order valence-corrected chi connectivity index (χ1v) is 15.4. The molecule has 0 N–H and O–H groups in total. The van der Waals surface area contributed by atoms with Gasteiger partial charge in [0.05, 0.1) is 6.04 Å². The zero-order chi connectivity index (χ0) is 24.8. The maximum Gasteiger partial charge on any atom is 0.106 e. The third-order valence-corrected chi connectivity index (χ3v) is 7.71. The predicted molar refractivity (Wildman–Crippen MR) is 154 cm³/mol. The summed E-state index contributed by atoms with van der Waals surface area (Å²) in [5.74, 6) is 1.12. The number of hydrogen-bond donors (Lipinski definition) is 0. The van der Waals surface area contributed by atoms with Crippen LogP contribution < -0.4 is 0 Å². The van der Waals surface area contributed by atoms with E-state index in [2.05, 4.69) is 59.9 Å². The van der Waals surface area contributed by atoms with Gasteiger partial charge < -0.3 is 4.57 Å². The van der Waals surface area contributed by atoms with E-state index in [1.165, 1.54) is 140 Å². The molecule has 198 valence electrons. The van der Waals surface area contributed by atoms with Crippen LogP contribution in [0.3, 0.4) is 0 Å². The van der Waals surface area contributed by atoms with Crippen molar-refractivity contribution in [1.29, 1.82) is 0 Å². The molecule has 2 aromatic rings. The highest BCUT2D eigenvalue weighted by Crippen LogP contribution is 2.26. The van der Waals surface area contributed by atoms with Crippen molar-refractivity contribution >= 4 is 0 Å². The number of aromatic nitrogens is 2. The summed E-state index contributed by atoms with van der Waals surface area (Å²) in [4.78, 5) is 4.46. The second-order valence-corrected chi connectivity index (χ2v) is 10.8. The van der Waals surface area contributed by atoms with Crippen LogP contribution in [-0.2, 0) is 0 Å². The number of unbranched alkanes of at least 4 members (excludes halogenated alkanes) is 19. The maximum atomic E-state index is 4.46. The molecule has 1 aromatic carbocycles. The van der Waals surface area contributed by atoms with Crippen LogP contribution in [0, 0.1) is 6.92 Å². The molecule has 2 rings (SSSR count). The van der Waals surface area contributed by atoms with E-state index in [4.69, 9.17) is 0 Å². The molecule has 1 heterocycles. The topological polar surface area (TPSA) is 17.8 Å². The number of imidazole rings is 1. The highest BCUT2D eigenvalue weighted by atomic mass is 15.1. The first-order valence-electron chi connectivity index (χ1n) is 15.4. The van der Waals surface area contributed by atoms with Gasteiger partial charge in [-0.25, -0.2) is 4.98 Å². The number of rotatable bonds is 23. The van der Waals surface area contributed by atoms with Gasteiger partial charge in [-0.15, -0.1) is 0 Å². The van der Waals surface area contributed by atoms with Crippen LogP contribution in [0.1, 0.15) is 159 Å². The summed E-state index contributed by atoms with van der Waals surface area (Å²) in [6.07, 6.45) is 34.0. The Morgan fingerprint density at radius 1 is 0.600 bits per heavy atom. The van der Waals surface area contributed by atoms with Crippen molar-refractivity contribution in [2.24, 2.45) is 0 Å². The average Bonchev–Trinajstić information content (AvgIpc) is 3.31. The molecule has 2 nitrogen and oxygen atoms in total. The SMILES string of the molecule is CCCCCCCCCCCCCCCCCCCCCCC(c1ccccc1)n1ccnc1C. The molecule has 0 aliphatic heterocycles. The molecular formula is C33H56N2. The Hall–Kier alpha value is -1.57. The van der Waals surface area contributed by atoms with E-state index in [1.54, 1.807) is 0 Å².